The predicted octanol–water partition coefficient (Wildman–Crippen LogP) is 4.03. The Morgan fingerprint density at radius 1 is 1.20 bits per heavy atom. The molecule has 2 aromatic carbocycles. The molecule has 1 N–H and O–H groups in total. The van der Waals surface area contributed by atoms with Crippen molar-refractivity contribution in [2.24, 2.45) is 0 Å². The van der Waals surface area contributed by atoms with E-state index in [2.05, 4.69) is 27.9 Å². The summed E-state index contributed by atoms with van der Waals surface area (Å²) in [5, 5.41) is 2.91. The summed E-state index contributed by atoms with van der Waals surface area (Å²) in [5.41, 5.74) is 0.855. The third kappa shape index (κ3) is 4.42. The highest BCUT2D eigenvalue weighted by molar-refractivity contribution is 14.1. The molecule has 2 aromatic rings. The van der Waals surface area contributed by atoms with Crippen LogP contribution in [0.1, 0.15) is 0 Å². The maximum Gasteiger partial charge on any atom is 0.234 e. The number of carbonyl (C=O) groups excluding carboxylic acids is 1. The van der Waals surface area contributed by atoms with Gasteiger partial charge in [0, 0.05) is 8.47 Å². The minimum atomic E-state index is -0.00469. The molecule has 0 saturated heterocycles. The lowest BCUT2D eigenvalue weighted by Crippen LogP contribution is -2.14. The average molecular weight is 399 g/mol. The van der Waals surface area contributed by atoms with Crippen molar-refractivity contribution in [3.63, 3.8) is 0 Å². The van der Waals surface area contributed by atoms with Crippen LogP contribution in [-0.2, 0) is 4.79 Å². The zero-order valence-electron chi connectivity index (χ0n) is 10.9. The SMILES string of the molecule is COc1ccc(SCC(=O)Nc2ccccc2I)cc1. The standard InChI is InChI=1S/C15H14INO2S/c1-19-11-6-8-12(9-7-11)20-10-15(18)17-14-5-3-2-4-13(14)16/h2-9H,10H2,1H3,(H,17,18). The fourth-order valence-corrected chi connectivity index (χ4v) is 2.79. The molecule has 0 saturated carbocycles. The Hall–Kier alpha value is -1.21. The van der Waals surface area contributed by atoms with E-state index in [0.29, 0.717) is 5.75 Å². The Balaban J connectivity index is 1.87. The molecule has 0 fully saturated rings. The lowest BCUT2D eigenvalue weighted by Gasteiger charge is -2.07. The monoisotopic (exact) mass is 399 g/mol. The number of amides is 1. The van der Waals surface area contributed by atoms with E-state index >= 15 is 0 Å². The van der Waals surface area contributed by atoms with Gasteiger partial charge in [0.15, 0.2) is 0 Å². The van der Waals surface area contributed by atoms with Gasteiger partial charge in [-0.3, -0.25) is 4.79 Å². The summed E-state index contributed by atoms with van der Waals surface area (Å²) in [6.45, 7) is 0. The van der Waals surface area contributed by atoms with Crippen LogP contribution in [-0.4, -0.2) is 18.8 Å². The molecule has 5 heteroatoms. The van der Waals surface area contributed by atoms with E-state index in [1.54, 1.807) is 7.11 Å². The average Bonchev–Trinajstić information content (AvgIpc) is 2.48. The first-order valence-electron chi connectivity index (χ1n) is 6.00. The second kappa shape index (κ2) is 7.54. The first-order chi connectivity index (χ1) is 9.69. The smallest absolute Gasteiger partial charge is 0.234 e. The number of hydrogen-bond acceptors (Lipinski definition) is 3. The molecule has 104 valence electrons. The molecule has 0 spiro atoms. The van der Waals surface area contributed by atoms with Crippen LogP contribution < -0.4 is 10.1 Å². The van der Waals surface area contributed by atoms with E-state index in [4.69, 9.17) is 4.74 Å². The fraction of sp³-hybridized carbons (Fsp3) is 0.133. The van der Waals surface area contributed by atoms with Crippen molar-refractivity contribution < 1.29 is 9.53 Å². The van der Waals surface area contributed by atoms with Gasteiger partial charge >= 0.3 is 0 Å². The number of benzene rings is 2. The second-order valence-electron chi connectivity index (χ2n) is 3.99. The van der Waals surface area contributed by atoms with Crippen LogP contribution in [0.15, 0.2) is 53.4 Å². The Labute approximate surface area is 136 Å². The fourth-order valence-electron chi connectivity index (χ4n) is 1.57. The first kappa shape index (κ1) is 15.2. The highest BCUT2D eigenvalue weighted by Gasteiger charge is 2.06. The molecule has 0 aliphatic heterocycles. The molecule has 0 radical (unpaired) electrons. The van der Waals surface area contributed by atoms with Gasteiger partial charge in [-0.15, -0.1) is 11.8 Å². The van der Waals surface area contributed by atoms with Crippen molar-refractivity contribution in [2.45, 2.75) is 4.90 Å². The highest BCUT2D eigenvalue weighted by Crippen LogP contribution is 2.22. The molecule has 1 amide bonds. The van der Waals surface area contributed by atoms with Gasteiger partial charge in [-0.05, 0) is 59.0 Å². The van der Waals surface area contributed by atoms with Crippen molar-refractivity contribution in [3.8, 4) is 5.75 Å². The van der Waals surface area contributed by atoms with Crippen LogP contribution in [0.2, 0.25) is 0 Å². The number of nitrogens with one attached hydrogen (secondary N) is 1. The van der Waals surface area contributed by atoms with E-state index in [0.717, 1.165) is 19.9 Å². The van der Waals surface area contributed by atoms with Crippen molar-refractivity contribution in [1.82, 2.24) is 0 Å². The Bertz CT molecular complexity index is 587. The molecule has 0 aliphatic rings. The van der Waals surface area contributed by atoms with Gasteiger partial charge in [-0.2, -0.15) is 0 Å². The predicted molar refractivity (Wildman–Crippen MR) is 91.5 cm³/mol. The quantitative estimate of drug-likeness (QED) is 0.610. The number of para-hydroxylation sites is 1. The van der Waals surface area contributed by atoms with Crippen molar-refractivity contribution in [1.29, 1.82) is 0 Å². The minimum absolute atomic E-state index is 0.00469. The Kier molecular flexibility index (Phi) is 5.72. The molecule has 0 heterocycles. The van der Waals surface area contributed by atoms with E-state index in [-0.39, 0.29) is 5.91 Å². The molecule has 0 bridgehead atoms. The van der Waals surface area contributed by atoms with E-state index < -0.39 is 0 Å². The van der Waals surface area contributed by atoms with Gasteiger partial charge in [-0.25, -0.2) is 0 Å². The topological polar surface area (TPSA) is 38.3 Å². The molecule has 0 aromatic heterocycles. The van der Waals surface area contributed by atoms with Crippen LogP contribution in [0, 0.1) is 3.57 Å². The van der Waals surface area contributed by atoms with Gasteiger partial charge < -0.3 is 10.1 Å². The normalized spacial score (nSPS) is 10.1. The van der Waals surface area contributed by atoms with E-state index in [1.165, 1.54) is 11.8 Å². The summed E-state index contributed by atoms with van der Waals surface area (Å²) in [5.74, 6) is 1.20. The maximum atomic E-state index is 11.9. The minimum Gasteiger partial charge on any atom is -0.497 e. The lowest BCUT2D eigenvalue weighted by atomic mass is 10.3. The van der Waals surface area contributed by atoms with Crippen LogP contribution in [0.3, 0.4) is 0 Å². The highest BCUT2D eigenvalue weighted by atomic mass is 127. The maximum absolute atomic E-state index is 11.9. The van der Waals surface area contributed by atoms with Gasteiger partial charge in [0.1, 0.15) is 5.75 Å². The summed E-state index contributed by atoms with van der Waals surface area (Å²) in [7, 11) is 1.64. The van der Waals surface area contributed by atoms with Crippen molar-refractivity contribution in [2.75, 3.05) is 18.2 Å². The van der Waals surface area contributed by atoms with Gasteiger partial charge in [0.2, 0.25) is 5.91 Å². The van der Waals surface area contributed by atoms with Crippen LogP contribution in [0.4, 0.5) is 5.69 Å². The van der Waals surface area contributed by atoms with Gasteiger partial charge in [0.05, 0.1) is 18.6 Å². The molecule has 0 aliphatic carbocycles. The number of methoxy groups -OCH3 is 1. The van der Waals surface area contributed by atoms with Crippen LogP contribution in [0.5, 0.6) is 5.75 Å². The van der Waals surface area contributed by atoms with Crippen LogP contribution in [0.25, 0.3) is 0 Å². The molecular weight excluding hydrogens is 385 g/mol. The zero-order valence-corrected chi connectivity index (χ0v) is 13.9. The molecule has 3 nitrogen and oxygen atoms in total. The number of ether oxygens (including phenoxy) is 1. The molecule has 0 atom stereocenters. The second-order valence-corrected chi connectivity index (χ2v) is 6.20. The van der Waals surface area contributed by atoms with Crippen LogP contribution >= 0.6 is 34.4 Å². The third-order valence-corrected chi connectivity index (χ3v) is 4.53. The van der Waals surface area contributed by atoms with Crippen molar-refractivity contribution in [3.05, 3.63) is 52.1 Å². The summed E-state index contributed by atoms with van der Waals surface area (Å²) in [4.78, 5) is 12.9. The zero-order chi connectivity index (χ0) is 14.4. The van der Waals surface area contributed by atoms with E-state index in [9.17, 15) is 4.79 Å². The summed E-state index contributed by atoms with van der Waals surface area (Å²) < 4.78 is 6.13. The van der Waals surface area contributed by atoms with Crippen molar-refractivity contribution >= 4 is 45.9 Å². The first-order valence-corrected chi connectivity index (χ1v) is 8.06. The number of carbonyl (C=O) groups is 1. The Morgan fingerprint density at radius 2 is 1.90 bits per heavy atom. The molecule has 0 unspecified atom stereocenters. The van der Waals surface area contributed by atoms with Gasteiger partial charge in [0.25, 0.3) is 0 Å². The molecule has 2 rings (SSSR count). The summed E-state index contributed by atoms with van der Waals surface area (Å²) >= 11 is 3.71. The number of rotatable bonds is 5. The third-order valence-electron chi connectivity index (χ3n) is 2.58. The number of hydrogen-bond donors (Lipinski definition) is 1. The lowest BCUT2D eigenvalue weighted by molar-refractivity contribution is -0.113. The number of halogens is 1. The summed E-state index contributed by atoms with van der Waals surface area (Å²) in [6, 6.07) is 15.4. The molecular formula is C15H14INO2S. The summed E-state index contributed by atoms with van der Waals surface area (Å²) in [6.07, 6.45) is 0. The van der Waals surface area contributed by atoms with Gasteiger partial charge in [-0.1, -0.05) is 12.1 Å². The molecule has 20 heavy (non-hydrogen) atoms. The van der Waals surface area contributed by atoms with E-state index in [1.807, 2.05) is 48.5 Å². The number of anilines is 1. The number of thioether (sulfide) groups is 1. The largest absolute Gasteiger partial charge is 0.497 e. The Morgan fingerprint density at radius 3 is 2.55 bits per heavy atom.